The van der Waals surface area contributed by atoms with E-state index < -0.39 is 6.03 Å². The van der Waals surface area contributed by atoms with E-state index >= 15 is 0 Å². The van der Waals surface area contributed by atoms with Gasteiger partial charge in [-0.25, -0.2) is 4.79 Å². The van der Waals surface area contributed by atoms with E-state index in [-0.39, 0.29) is 5.41 Å². The Labute approximate surface area is 90.7 Å². The number of benzene rings is 1. The molecular weight excluding hydrogens is 188 g/mol. The molecule has 3 nitrogen and oxygen atoms in total. The predicted octanol–water partition coefficient (Wildman–Crippen LogP) is 2.86. The topological polar surface area (TPSA) is 55.1 Å². The number of amides is 2. The third-order valence-electron chi connectivity index (χ3n) is 2.80. The number of nitrogens with two attached hydrogens (primary N) is 1. The molecule has 0 radical (unpaired) electrons. The Morgan fingerprint density at radius 3 is 2.53 bits per heavy atom. The Morgan fingerprint density at radius 2 is 2.00 bits per heavy atom. The summed E-state index contributed by atoms with van der Waals surface area (Å²) in [5.41, 5.74) is 7.09. The fraction of sp³-hybridized carbons (Fsp3) is 0.417. The third kappa shape index (κ3) is 2.72. The van der Waals surface area contributed by atoms with Crippen LogP contribution in [0.3, 0.4) is 0 Å². The molecule has 0 aliphatic heterocycles. The van der Waals surface area contributed by atoms with Gasteiger partial charge in [-0.1, -0.05) is 39.0 Å². The molecule has 3 heteroatoms. The van der Waals surface area contributed by atoms with Gasteiger partial charge < -0.3 is 11.1 Å². The molecular formula is C12H18N2O. The number of hydrogen-bond donors (Lipinski definition) is 2. The average molecular weight is 206 g/mol. The zero-order valence-corrected chi connectivity index (χ0v) is 9.50. The lowest BCUT2D eigenvalue weighted by molar-refractivity contribution is 0.259. The van der Waals surface area contributed by atoms with Crippen molar-refractivity contribution in [3.05, 3.63) is 29.8 Å². The molecule has 15 heavy (non-hydrogen) atoms. The maximum atomic E-state index is 10.8. The smallest absolute Gasteiger partial charge is 0.316 e. The number of hydrogen-bond acceptors (Lipinski definition) is 1. The van der Waals surface area contributed by atoms with Crippen molar-refractivity contribution in [2.24, 2.45) is 5.73 Å². The number of anilines is 1. The summed E-state index contributed by atoms with van der Waals surface area (Å²) in [6.45, 7) is 6.42. The van der Waals surface area contributed by atoms with Gasteiger partial charge in [0.2, 0.25) is 0 Å². The number of primary amides is 1. The van der Waals surface area contributed by atoms with Crippen molar-refractivity contribution in [3.8, 4) is 0 Å². The first-order valence-electron chi connectivity index (χ1n) is 5.13. The van der Waals surface area contributed by atoms with E-state index in [0.29, 0.717) is 0 Å². The summed E-state index contributed by atoms with van der Waals surface area (Å²) < 4.78 is 0. The minimum Gasteiger partial charge on any atom is -0.351 e. The lowest BCUT2D eigenvalue weighted by Crippen LogP contribution is -2.24. The van der Waals surface area contributed by atoms with E-state index in [1.165, 1.54) is 0 Å². The van der Waals surface area contributed by atoms with Crippen molar-refractivity contribution in [3.63, 3.8) is 0 Å². The highest BCUT2D eigenvalue weighted by atomic mass is 16.2. The van der Waals surface area contributed by atoms with Gasteiger partial charge in [0.15, 0.2) is 0 Å². The number of rotatable bonds is 3. The Bertz CT molecular complexity index is 358. The second-order valence-electron chi connectivity index (χ2n) is 4.27. The normalized spacial score (nSPS) is 11.1. The summed E-state index contributed by atoms with van der Waals surface area (Å²) in [5.74, 6) is 0. The van der Waals surface area contributed by atoms with Crippen LogP contribution in [0.5, 0.6) is 0 Å². The van der Waals surface area contributed by atoms with Crippen molar-refractivity contribution in [1.82, 2.24) is 0 Å². The van der Waals surface area contributed by atoms with Gasteiger partial charge in [0.1, 0.15) is 0 Å². The second-order valence-corrected chi connectivity index (χ2v) is 4.27. The molecule has 0 aliphatic rings. The van der Waals surface area contributed by atoms with Crippen molar-refractivity contribution in [1.29, 1.82) is 0 Å². The number of nitrogens with one attached hydrogen (secondary N) is 1. The lowest BCUT2D eigenvalue weighted by Gasteiger charge is -2.26. The molecule has 0 spiro atoms. The summed E-state index contributed by atoms with van der Waals surface area (Å²) >= 11 is 0. The standard InChI is InChI=1S/C12H18N2O/c1-4-12(2,3)9-7-5-6-8-10(9)14-11(13)15/h5-8H,4H2,1-3H3,(H3,13,14,15). The molecule has 2 amide bonds. The first kappa shape index (κ1) is 11.6. The van der Waals surface area contributed by atoms with E-state index in [4.69, 9.17) is 5.73 Å². The van der Waals surface area contributed by atoms with Crippen molar-refractivity contribution in [2.45, 2.75) is 32.6 Å². The van der Waals surface area contributed by atoms with Gasteiger partial charge in [-0.3, -0.25) is 0 Å². The van der Waals surface area contributed by atoms with Gasteiger partial charge in [0.05, 0.1) is 0 Å². The van der Waals surface area contributed by atoms with Crippen LogP contribution in [0.4, 0.5) is 10.5 Å². The lowest BCUT2D eigenvalue weighted by atomic mass is 9.81. The highest BCUT2D eigenvalue weighted by molar-refractivity contribution is 5.88. The number of carbonyl (C=O) groups excluding carboxylic acids is 1. The summed E-state index contributed by atoms with van der Waals surface area (Å²) in [6, 6.07) is 7.24. The Morgan fingerprint density at radius 1 is 1.40 bits per heavy atom. The van der Waals surface area contributed by atoms with Crippen molar-refractivity contribution < 1.29 is 4.79 Å². The van der Waals surface area contributed by atoms with E-state index in [2.05, 4.69) is 26.1 Å². The Hall–Kier alpha value is -1.51. The van der Waals surface area contributed by atoms with Gasteiger partial charge in [-0.05, 0) is 23.5 Å². The summed E-state index contributed by atoms with van der Waals surface area (Å²) in [5, 5.41) is 2.65. The van der Waals surface area contributed by atoms with Gasteiger partial charge in [-0.2, -0.15) is 0 Å². The predicted molar refractivity (Wildman–Crippen MR) is 63.0 cm³/mol. The summed E-state index contributed by atoms with van der Waals surface area (Å²) in [7, 11) is 0. The first-order chi connectivity index (χ1) is 6.97. The quantitative estimate of drug-likeness (QED) is 0.785. The van der Waals surface area contributed by atoms with Crippen molar-refractivity contribution >= 4 is 11.7 Å². The van der Waals surface area contributed by atoms with E-state index in [9.17, 15) is 4.79 Å². The van der Waals surface area contributed by atoms with Gasteiger partial charge >= 0.3 is 6.03 Å². The molecule has 1 aromatic rings. The maximum Gasteiger partial charge on any atom is 0.316 e. The first-order valence-corrected chi connectivity index (χ1v) is 5.13. The Kier molecular flexibility index (Phi) is 3.35. The fourth-order valence-corrected chi connectivity index (χ4v) is 1.51. The molecule has 3 N–H and O–H groups in total. The van der Waals surface area contributed by atoms with Gasteiger partial charge in [0.25, 0.3) is 0 Å². The van der Waals surface area contributed by atoms with Crippen LogP contribution in [0.15, 0.2) is 24.3 Å². The van der Waals surface area contributed by atoms with Crippen LogP contribution in [-0.4, -0.2) is 6.03 Å². The molecule has 0 unspecified atom stereocenters. The fourth-order valence-electron chi connectivity index (χ4n) is 1.51. The minimum atomic E-state index is -0.519. The molecule has 0 aromatic heterocycles. The molecule has 0 aliphatic carbocycles. The van der Waals surface area contributed by atoms with Crippen LogP contribution < -0.4 is 11.1 Å². The average Bonchev–Trinajstić information content (AvgIpc) is 2.17. The third-order valence-corrected chi connectivity index (χ3v) is 2.80. The SMILES string of the molecule is CCC(C)(C)c1ccccc1NC(N)=O. The minimum absolute atomic E-state index is 0.0407. The molecule has 0 atom stereocenters. The summed E-state index contributed by atoms with van der Waals surface area (Å²) in [6.07, 6.45) is 1.00. The Balaban J connectivity index is 3.11. The molecule has 1 aromatic carbocycles. The largest absolute Gasteiger partial charge is 0.351 e. The highest BCUT2D eigenvalue weighted by Gasteiger charge is 2.21. The van der Waals surface area contributed by atoms with Crippen LogP contribution in [0, 0.1) is 0 Å². The summed E-state index contributed by atoms with van der Waals surface area (Å²) in [4.78, 5) is 10.8. The number of para-hydroxylation sites is 1. The monoisotopic (exact) mass is 206 g/mol. The number of urea groups is 1. The van der Waals surface area contributed by atoms with Gasteiger partial charge in [-0.15, -0.1) is 0 Å². The van der Waals surface area contributed by atoms with Crippen LogP contribution in [-0.2, 0) is 5.41 Å². The molecule has 0 saturated carbocycles. The molecule has 0 saturated heterocycles. The molecule has 0 bridgehead atoms. The van der Waals surface area contributed by atoms with Crippen LogP contribution >= 0.6 is 0 Å². The van der Waals surface area contributed by atoms with E-state index in [0.717, 1.165) is 17.7 Å². The van der Waals surface area contributed by atoms with Gasteiger partial charge in [0, 0.05) is 5.69 Å². The highest BCUT2D eigenvalue weighted by Crippen LogP contribution is 2.32. The van der Waals surface area contributed by atoms with Crippen molar-refractivity contribution in [2.75, 3.05) is 5.32 Å². The van der Waals surface area contributed by atoms with Crippen LogP contribution in [0.1, 0.15) is 32.8 Å². The zero-order valence-electron chi connectivity index (χ0n) is 9.50. The maximum absolute atomic E-state index is 10.8. The van der Waals surface area contributed by atoms with E-state index in [1.807, 2.05) is 24.3 Å². The van der Waals surface area contributed by atoms with Crippen LogP contribution in [0.25, 0.3) is 0 Å². The molecule has 1 rings (SSSR count). The molecule has 82 valence electrons. The van der Waals surface area contributed by atoms with E-state index in [1.54, 1.807) is 0 Å². The molecule has 0 fully saturated rings. The zero-order chi connectivity index (χ0) is 11.5. The number of carbonyl (C=O) groups is 1. The van der Waals surface area contributed by atoms with Crippen LogP contribution in [0.2, 0.25) is 0 Å². The second kappa shape index (κ2) is 4.34. The molecule has 0 heterocycles.